The number of carbonyl (C=O) groups excluding carboxylic acids is 2. The fraction of sp³-hybridized carbons (Fsp3) is 0.275. The maximum Gasteiger partial charge on any atom is 0.260 e. The number of hydrogen-bond acceptors (Lipinski definition) is 8. The second-order valence-corrected chi connectivity index (χ2v) is 15.8. The summed E-state index contributed by atoms with van der Waals surface area (Å²) < 4.78 is 25.1. The van der Waals surface area contributed by atoms with Crippen molar-refractivity contribution in [3.63, 3.8) is 0 Å². The molecule has 3 heterocycles. The molecule has 0 bridgehead atoms. The number of para-hydroxylation sites is 1. The molecule has 0 aliphatic carbocycles. The molecule has 2 aliphatic rings. The van der Waals surface area contributed by atoms with Crippen molar-refractivity contribution in [2.45, 2.75) is 39.4 Å². The second-order valence-electron chi connectivity index (χ2n) is 15.8. The minimum atomic E-state index is -0.227. The molecule has 1 aromatic heterocycles. The Balaban J connectivity index is 1.19. The van der Waals surface area contributed by atoms with Crippen molar-refractivity contribution in [3.8, 4) is 40.3 Å². The molecule has 0 saturated carbocycles. The summed E-state index contributed by atoms with van der Waals surface area (Å²) >= 11 is 0. The molecule has 1 saturated heterocycles. The Morgan fingerprint density at radius 2 is 1.50 bits per heavy atom. The predicted octanol–water partition coefficient (Wildman–Crippen LogP) is 8.74. The van der Waals surface area contributed by atoms with E-state index in [0.717, 1.165) is 35.5 Å². The Labute approximate surface area is 363 Å². The molecule has 2 aliphatic heterocycles. The molecule has 0 N–H and O–H groups in total. The fourth-order valence-electron chi connectivity index (χ4n) is 8.59. The van der Waals surface area contributed by atoms with E-state index in [1.165, 1.54) is 12.7 Å². The highest BCUT2D eigenvalue weighted by atomic mass is 16.5. The quantitative estimate of drug-likeness (QED) is 0.121. The number of aromatic nitrogens is 1. The van der Waals surface area contributed by atoms with Gasteiger partial charge >= 0.3 is 0 Å². The van der Waals surface area contributed by atoms with Gasteiger partial charge in [-0.3, -0.25) is 14.5 Å². The SMILES string of the molecule is COc1cc(-c2cc(C(=O)N(Cc3cccc(OC)c3C)c3ccc(Oc4ccccc4)cc3)c(C)n2C)c(C(=O)N2Cc3ccccc3C[C@H]2CN2CCOCC2)cc1C#N. The van der Waals surface area contributed by atoms with Crippen LogP contribution in [0.5, 0.6) is 23.0 Å². The monoisotopic (exact) mass is 829 g/mol. The molecule has 0 unspecified atom stereocenters. The van der Waals surface area contributed by atoms with Gasteiger partial charge < -0.3 is 33.3 Å². The maximum atomic E-state index is 15.2. The first kappa shape index (κ1) is 41.8. The van der Waals surface area contributed by atoms with Crippen molar-refractivity contribution >= 4 is 17.5 Å². The van der Waals surface area contributed by atoms with Gasteiger partial charge in [-0.15, -0.1) is 0 Å². The molecule has 62 heavy (non-hydrogen) atoms. The predicted molar refractivity (Wildman–Crippen MR) is 239 cm³/mol. The molecule has 2 amide bonds. The standard InChI is InChI=1S/C51H51N5O6/c1-34-37(14-11-17-48(34)59-4)31-55(40-18-20-43(21-19-40)62-42-15-7-6-8-16-42)50(57)44-28-47(53(3)35(44)2)45-29-49(60-5)39(30-52)27-46(45)51(58)56-32-38-13-10-9-12-36(38)26-41(56)33-54-22-24-61-25-23-54/h6-21,27-29,41H,22-26,31-33H2,1-5H3/t41-/m0/s1. The zero-order valence-corrected chi connectivity index (χ0v) is 35.9. The number of carbonyl (C=O) groups is 2. The average molecular weight is 830 g/mol. The van der Waals surface area contributed by atoms with Gasteiger partial charge in [0.15, 0.2) is 0 Å². The Hall–Kier alpha value is -6.87. The van der Waals surface area contributed by atoms with E-state index in [-0.39, 0.29) is 30.0 Å². The van der Waals surface area contributed by atoms with Gasteiger partial charge in [-0.05, 0) is 103 Å². The molecule has 5 aromatic carbocycles. The van der Waals surface area contributed by atoms with Crippen LogP contribution in [0.2, 0.25) is 0 Å². The topological polar surface area (TPSA) is 110 Å². The summed E-state index contributed by atoms with van der Waals surface area (Å²) in [7, 11) is 5.05. The Morgan fingerprint density at radius 3 is 2.21 bits per heavy atom. The summed E-state index contributed by atoms with van der Waals surface area (Å²) in [6.07, 6.45) is 0.708. The number of ether oxygens (including phenoxy) is 4. The van der Waals surface area contributed by atoms with Gasteiger partial charge in [0.1, 0.15) is 29.1 Å². The summed E-state index contributed by atoms with van der Waals surface area (Å²) in [5.74, 6) is 2.01. The van der Waals surface area contributed by atoms with E-state index in [0.29, 0.717) is 83.7 Å². The van der Waals surface area contributed by atoms with Gasteiger partial charge in [0.05, 0.1) is 50.7 Å². The molecular formula is C51H51N5O6. The summed E-state index contributed by atoms with van der Waals surface area (Å²) in [5.41, 5.74) is 7.87. The first-order chi connectivity index (χ1) is 30.2. The summed E-state index contributed by atoms with van der Waals surface area (Å²) in [6, 6.07) is 38.5. The number of amides is 2. The average Bonchev–Trinajstić information content (AvgIpc) is 3.61. The van der Waals surface area contributed by atoms with Gasteiger partial charge in [0.25, 0.3) is 11.8 Å². The number of nitriles is 1. The minimum Gasteiger partial charge on any atom is -0.496 e. The molecule has 316 valence electrons. The van der Waals surface area contributed by atoms with Crippen LogP contribution in [0, 0.1) is 25.2 Å². The highest BCUT2D eigenvalue weighted by Gasteiger charge is 2.35. The summed E-state index contributed by atoms with van der Waals surface area (Å²) in [4.78, 5) is 36.4. The Kier molecular flexibility index (Phi) is 12.4. The molecule has 1 fully saturated rings. The van der Waals surface area contributed by atoms with Gasteiger partial charge in [0, 0.05) is 61.9 Å². The van der Waals surface area contributed by atoms with Crippen LogP contribution in [0.15, 0.2) is 115 Å². The van der Waals surface area contributed by atoms with Crippen molar-refractivity contribution in [2.75, 3.05) is 52.0 Å². The van der Waals surface area contributed by atoms with E-state index in [1.54, 1.807) is 24.1 Å². The maximum absolute atomic E-state index is 15.2. The number of benzene rings is 5. The second kappa shape index (κ2) is 18.4. The molecule has 0 spiro atoms. The number of rotatable bonds is 12. The lowest BCUT2D eigenvalue weighted by molar-refractivity contribution is 0.0193. The van der Waals surface area contributed by atoms with Crippen LogP contribution in [0.3, 0.4) is 0 Å². The van der Waals surface area contributed by atoms with E-state index >= 15 is 9.59 Å². The van der Waals surface area contributed by atoms with Crippen LogP contribution >= 0.6 is 0 Å². The van der Waals surface area contributed by atoms with Gasteiger partial charge in [-0.2, -0.15) is 5.26 Å². The number of nitrogens with zero attached hydrogens (tertiary/aromatic N) is 5. The Bertz CT molecular complexity index is 2630. The van der Waals surface area contributed by atoms with Crippen LogP contribution in [0.4, 0.5) is 5.69 Å². The Morgan fingerprint density at radius 1 is 0.806 bits per heavy atom. The largest absolute Gasteiger partial charge is 0.496 e. The van der Waals surface area contributed by atoms with Crippen molar-refractivity contribution in [1.82, 2.24) is 14.4 Å². The lowest BCUT2D eigenvalue weighted by atomic mass is 9.91. The van der Waals surface area contributed by atoms with E-state index in [9.17, 15) is 5.26 Å². The van der Waals surface area contributed by atoms with Crippen molar-refractivity contribution in [1.29, 1.82) is 5.26 Å². The minimum absolute atomic E-state index is 0.110. The van der Waals surface area contributed by atoms with E-state index in [1.807, 2.05) is 121 Å². The smallest absolute Gasteiger partial charge is 0.260 e. The first-order valence-corrected chi connectivity index (χ1v) is 20.9. The van der Waals surface area contributed by atoms with Crippen molar-refractivity contribution < 1.29 is 28.5 Å². The zero-order chi connectivity index (χ0) is 43.3. The van der Waals surface area contributed by atoms with E-state index < -0.39 is 0 Å². The van der Waals surface area contributed by atoms with E-state index in [4.69, 9.17) is 18.9 Å². The number of methoxy groups -OCH3 is 2. The number of morpholine rings is 1. The summed E-state index contributed by atoms with van der Waals surface area (Å²) in [6.45, 7) is 8.20. The van der Waals surface area contributed by atoms with Gasteiger partial charge in [0.2, 0.25) is 0 Å². The third kappa shape index (κ3) is 8.53. The first-order valence-electron chi connectivity index (χ1n) is 20.9. The molecular weight excluding hydrogens is 779 g/mol. The summed E-state index contributed by atoms with van der Waals surface area (Å²) in [5, 5.41) is 10.3. The highest BCUT2D eigenvalue weighted by Crippen LogP contribution is 2.37. The molecule has 0 radical (unpaired) electrons. The molecule has 11 heteroatoms. The van der Waals surface area contributed by atoms with Crippen LogP contribution < -0.4 is 19.1 Å². The number of fused-ring (bicyclic) bond motifs is 1. The van der Waals surface area contributed by atoms with Gasteiger partial charge in [-0.1, -0.05) is 54.6 Å². The molecule has 1 atom stereocenters. The third-order valence-electron chi connectivity index (χ3n) is 12.2. The van der Waals surface area contributed by atoms with Crippen LogP contribution in [-0.4, -0.2) is 79.3 Å². The lowest BCUT2D eigenvalue weighted by Crippen LogP contribution is -2.52. The van der Waals surface area contributed by atoms with Crippen molar-refractivity contribution in [2.24, 2.45) is 7.05 Å². The molecule has 11 nitrogen and oxygen atoms in total. The number of hydrogen-bond donors (Lipinski definition) is 0. The zero-order valence-electron chi connectivity index (χ0n) is 35.9. The lowest BCUT2D eigenvalue weighted by Gasteiger charge is -2.40. The molecule has 6 aromatic rings. The van der Waals surface area contributed by atoms with Crippen LogP contribution in [-0.2, 0) is 31.3 Å². The highest BCUT2D eigenvalue weighted by molar-refractivity contribution is 6.08. The fourth-order valence-corrected chi connectivity index (χ4v) is 8.59. The molecule has 8 rings (SSSR count). The van der Waals surface area contributed by atoms with E-state index in [2.05, 4.69) is 23.1 Å². The third-order valence-corrected chi connectivity index (χ3v) is 12.2. The normalized spacial score (nSPS) is 15.0. The van der Waals surface area contributed by atoms with Crippen molar-refractivity contribution in [3.05, 3.63) is 160 Å². The number of anilines is 1. The van der Waals surface area contributed by atoms with Crippen LogP contribution in [0.1, 0.15) is 54.2 Å². The van der Waals surface area contributed by atoms with Crippen LogP contribution in [0.25, 0.3) is 11.3 Å². The van der Waals surface area contributed by atoms with Gasteiger partial charge in [-0.25, -0.2) is 0 Å².